The molecule has 4 nitrogen and oxygen atoms in total. The first kappa shape index (κ1) is 8.09. The van der Waals surface area contributed by atoms with Crippen molar-refractivity contribution in [2.75, 3.05) is 13.2 Å². The minimum Gasteiger partial charge on any atom is -0.399 e. The Morgan fingerprint density at radius 3 is 2.48 bits per heavy atom. The maximum absolute atomic E-state index is 8.79. The van der Waals surface area contributed by atoms with Crippen LogP contribution in [0.5, 0.6) is 0 Å². The Bertz CT molecular complexity index is 816. The molecule has 0 saturated carbocycles. The van der Waals surface area contributed by atoms with E-state index in [2.05, 4.69) is 4.98 Å². The van der Waals surface area contributed by atoms with Gasteiger partial charge in [0.25, 0.3) is 0 Å². The highest BCUT2D eigenvalue weighted by molar-refractivity contribution is 6.62. The smallest absolute Gasteiger partial charge is 0.399 e. The van der Waals surface area contributed by atoms with Crippen LogP contribution in [0.3, 0.4) is 0 Å². The quantitative estimate of drug-likeness (QED) is 0.785. The summed E-state index contributed by atoms with van der Waals surface area (Å²) in [5.74, 6) is -2.65. The Kier molecular flexibility index (Phi) is 2.07. The number of hydrogen-bond donors (Lipinski definition) is 0. The minimum atomic E-state index is -2.65. The van der Waals surface area contributed by atoms with Gasteiger partial charge >= 0.3 is 7.12 Å². The third-order valence-corrected chi connectivity index (χ3v) is 4.04. The third kappa shape index (κ3) is 2.87. The summed E-state index contributed by atoms with van der Waals surface area (Å²) in [6.07, 6.45) is -6.23. The van der Waals surface area contributed by atoms with Crippen LogP contribution >= 0.6 is 0 Å². The lowest BCUT2D eigenvalue weighted by Gasteiger charge is -2.32. The molecule has 0 atom stereocenters. The Balaban J connectivity index is 2.24. The van der Waals surface area contributed by atoms with Crippen LogP contribution < -0.4 is 5.46 Å². The summed E-state index contributed by atoms with van der Waals surface area (Å²) in [7, 11) is -1.19. The van der Waals surface area contributed by atoms with Crippen molar-refractivity contribution >= 4 is 12.6 Å². The SMILES string of the molecule is [2H]c1nc([2H])c(C2([2H])C([2H])([2H])COCC2([2H])[2H])c([2H])c1B1OC(C)(C)C(C)(C)O1. The molecule has 0 N–H and O–H groups in total. The van der Waals surface area contributed by atoms with E-state index in [9.17, 15) is 0 Å². The summed E-state index contributed by atoms with van der Waals surface area (Å²) in [5, 5.41) is 0. The molecule has 0 amide bonds. The highest BCUT2D eigenvalue weighted by Gasteiger charge is 2.51. The molecule has 0 aromatic carbocycles. The molecule has 3 heterocycles. The van der Waals surface area contributed by atoms with Gasteiger partial charge in [-0.2, -0.15) is 0 Å². The molecule has 21 heavy (non-hydrogen) atoms. The van der Waals surface area contributed by atoms with Crippen molar-refractivity contribution in [2.45, 2.75) is 57.5 Å². The molecule has 2 saturated heterocycles. The zero-order valence-electron chi connectivity index (χ0n) is 20.7. The number of pyridine rings is 1. The molecule has 2 aliphatic heterocycles. The average Bonchev–Trinajstić information content (AvgIpc) is 2.72. The van der Waals surface area contributed by atoms with Gasteiger partial charge in [-0.3, -0.25) is 4.98 Å². The highest BCUT2D eigenvalue weighted by atomic mass is 16.7. The topological polar surface area (TPSA) is 40.6 Å². The summed E-state index contributed by atoms with van der Waals surface area (Å²) in [6, 6.07) is -0.543. The molecule has 0 aliphatic carbocycles. The molecule has 1 aromatic heterocycles. The molecule has 5 heteroatoms. The molecule has 0 spiro atoms. The molecular formula is C16H24BNO3. The van der Waals surface area contributed by atoms with Crippen molar-refractivity contribution in [3.8, 4) is 0 Å². The number of rotatable bonds is 2. The zero-order chi connectivity index (χ0) is 22.2. The van der Waals surface area contributed by atoms with E-state index in [4.69, 9.17) is 25.0 Å². The largest absolute Gasteiger partial charge is 0.496 e. The lowest BCUT2D eigenvalue weighted by atomic mass is 9.78. The summed E-state index contributed by atoms with van der Waals surface area (Å²) in [6.45, 7) is 6.02. The van der Waals surface area contributed by atoms with Gasteiger partial charge in [-0.05, 0) is 51.9 Å². The summed E-state index contributed by atoms with van der Waals surface area (Å²) >= 11 is 0. The number of hydrogen-bond acceptors (Lipinski definition) is 4. The third-order valence-electron chi connectivity index (χ3n) is 4.04. The minimum absolute atomic E-state index is 0.153. The van der Waals surface area contributed by atoms with Gasteiger partial charge < -0.3 is 14.0 Å². The molecule has 1 aromatic rings. The fourth-order valence-electron chi connectivity index (χ4n) is 2.06. The maximum atomic E-state index is 8.79. The van der Waals surface area contributed by atoms with Crippen LogP contribution in [0.4, 0.5) is 0 Å². The predicted octanol–water partition coefficient (Wildman–Crippen LogP) is 2.27. The molecule has 0 radical (unpaired) electrons. The molecule has 0 unspecified atom stereocenters. The second-order valence-corrected chi connectivity index (χ2v) is 6.06. The summed E-state index contributed by atoms with van der Waals surface area (Å²) in [5.41, 5.74) is -2.26. The van der Waals surface area contributed by atoms with Crippen molar-refractivity contribution < 1.29 is 25.0 Å². The first-order valence-corrected chi connectivity index (χ1v) is 6.90. The lowest BCUT2D eigenvalue weighted by molar-refractivity contribution is 0.00578. The average molecular weight is 297 g/mol. The van der Waals surface area contributed by atoms with Crippen LogP contribution in [0.25, 0.3) is 0 Å². The molecule has 114 valence electrons. The molecule has 2 fully saturated rings. The van der Waals surface area contributed by atoms with Crippen LogP contribution in [-0.2, 0) is 14.0 Å². The van der Waals surface area contributed by atoms with E-state index >= 15 is 0 Å². The standard InChI is InChI=1S/C16H24BNO3/c1-15(2)16(3,4)21-17(20-15)14-9-13(10-18-11-14)12-5-7-19-8-6-12/h9-12H,5-8H2,1-4H3/i5D2,6D2,9D,10D,11D,12D. The van der Waals surface area contributed by atoms with Crippen LogP contribution in [0, 0.1) is 0 Å². The van der Waals surface area contributed by atoms with Crippen LogP contribution in [-0.4, -0.2) is 36.5 Å². The van der Waals surface area contributed by atoms with Crippen LogP contribution in [0.15, 0.2) is 18.4 Å². The van der Waals surface area contributed by atoms with Gasteiger partial charge in [0.15, 0.2) is 0 Å². The van der Waals surface area contributed by atoms with Crippen LogP contribution in [0.2, 0.25) is 0 Å². The van der Waals surface area contributed by atoms with Gasteiger partial charge in [-0.15, -0.1) is 0 Å². The second kappa shape index (κ2) is 5.38. The van der Waals surface area contributed by atoms with E-state index in [1.807, 2.05) is 0 Å². The van der Waals surface area contributed by atoms with E-state index < -0.39 is 74.1 Å². The molecular weight excluding hydrogens is 265 g/mol. The zero-order valence-corrected chi connectivity index (χ0v) is 12.7. The van der Waals surface area contributed by atoms with Crippen molar-refractivity contribution in [2.24, 2.45) is 0 Å². The van der Waals surface area contributed by atoms with Crippen LogP contribution in [0.1, 0.15) is 62.9 Å². The van der Waals surface area contributed by atoms with Crippen molar-refractivity contribution in [1.82, 2.24) is 4.98 Å². The van der Waals surface area contributed by atoms with E-state index in [1.165, 1.54) is 0 Å². The van der Waals surface area contributed by atoms with Gasteiger partial charge in [-0.1, -0.05) is 6.04 Å². The van der Waals surface area contributed by atoms with Crippen molar-refractivity contribution in [1.29, 1.82) is 0 Å². The first-order valence-electron chi connectivity index (χ1n) is 10.9. The normalized spacial score (nSPS) is 37.0. The Hall–Kier alpha value is -0.905. The van der Waals surface area contributed by atoms with E-state index in [-0.39, 0.29) is 5.46 Å². The Morgan fingerprint density at radius 1 is 1.24 bits per heavy atom. The Morgan fingerprint density at radius 2 is 1.86 bits per heavy atom. The molecule has 0 bridgehead atoms. The van der Waals surface area contributed by atoms with Gasteiger partial charge in [0.1, 0.15) is 0 Å². The predicted molar refractivity (Wildman–Crippen MR) is 82.7 cm³/mol. The lowest BCUT2D eigenvalue weighted by Crippen LogP contribution is -2.41. The fourth-order valence-corrected chi connectivity index (χ4v) is 2.06. The molecule has 3 rings (SSSR count). The fraction of sp³-hybridized carbons (Fsp3) is 0.688. The summed E-state index contributed by atoms with van der Waals surface area (Å²) < 4.78 is 83.5. The monoisotopic (exact) mass is 297 g/mol. The van der Waals surface area contributed by atoms with Crippen molar-refractivity contribution in [3.63, 3.8) is 0 Å². The second-order valence-electron chi connectivity index (χ2n) is 6.06. The van der Waals surface area contributed by atoms with Crippen molar-refractivity contribution in [3.05, 3.63) is 24.0 Å². The number of aromatic nitrogens is 1. The van der Waals surface area contributed by atoms with Gasteiger partial charge in [0, 0.05) is 37.9 Å². The highest BCUT2D eigenvalue weighted by Crippen LogP contribution is 2.36. The van der Waals surface area contributed by atoms with Gasteiger partial charge in [0.2, 0.25) is 0 Å². The number of nitrogens with zero attached hydrogens (tertiary/aromatic N) is 1. The van der Waals surface area contributed by atoms with E-state index in [0.29, 0.717) is 0 Å². The van der Waals surface area contributed by atoms with E-state index in [1.54, 1.807) is 27.7 Å². The van der Waals surface area contributed by atoms with E-state index in [0.717, 1.165) is 0 Å². The first-order chi connectivity index (χ1) is 13.0. The molecule has 2 aliphatic rings. The Labute approximate surface area is 138 Å². The maximum Gasteiger partial charge on any atom is 0.496 e. The number of ether oxygens (including phenoxy) is 1. The van der Waals surface area contributed by atoms with Gasteiger partial charge in [0.05, 0.1) is 15.3 Å². The summed E-state index contributed by atoms with van der Waals surface area (Å²) in [4.78, 5) is 3.79. The van der Waals surface area contributed by atoms with Gasteiger partial charge in [-0.25, -0.2) is 0 Å².